The lowest BCUT2D eigenvalue weighted by Gasteiger charge is -2.18. The van der Waals surface area contributed by atoms with Crippen LogP contribution in [0.5, 0.6) is 0 Å². The summed E-state index contributed by atoms with van der Waals surface area (Å²) in [6.07, 6.45) is 2.41. The maximum absolute atomic E-state index is 3.69. The maximum atomic E-state index is 3.69. The van der Waals surface area contributed by atoms with Crippen LogP contribution in [0.4, 0.5) is 0 Å². The summed E-state index contributed by atoms with van der Waals surface area (Å²) in [6.45, 7) is 9.01. The van der Waals surface area contributed by atoms with Crippen molar-refractivity contribution >= 4 is 23.1 Å². The summed E-state index contributed by atoms with van der Waals surface area (Å²) in [5, 5.41) is 3.69. The van der Waals surface area contributed by atoms with Gasteiger partial charge in [0, 0.05) is 21.8 Å². The lowest BCUT2D eigenvalue weighted by Crippen LogP contribution is -2.28. The van der Waals surface area contributed by atoms with Gasteiger partial charge in [-0.2, -0.15) is 11.8 Å². The van der Waals surface area contributed by atoms with Gasteiger partial charge < -0.3 is 5.32 Å². The van der Waals surface area contributed by atoms with Crippen LogP contribution in [0.3, 0.4) is 0 Å². The zero-order valence-corrected chi connectivity index (χ0v) is 13.1. The molecule has 0 spiro atoms. The highest BCUT2D eigenvalue weighted by Gasteiger charge is 2.11. The fourth-order valence-corrected chi connectivity index (χ4v) is 3.59. The average Bonchev–Trinajstić information content (AvgIpc) is 2.78. The molecule has 1 nitrogen and oxygen atoms in total. The van der Waals surface area contributed by atoms with Crippen LogP contribution in [0.1, 0.15) is 49.9 Å². The van der Waals surface area contributed by atoms with Crippen LogP contribution in [0.2, 0.25) is 0 Å². The molecule has 0 aromatic carbocycles. The molecule has 0 saturated carbocycles. The minimum atomic E-state index is 0.488. The van der Waals surface area contributed by atoms with Crippen LogP contribution in [0.15, 0.2) is 12.1 Å². The molecule has 17 heavy (non-hydrogen) atoms. The SMILES string of the molecule is CCSCCC(C)NC(C)c1ccc(CC)s1. The van der Waals surface area contributed by atoms with Crippen molar-refractivity contribution in [3.63, 3.8) is 0 Å². The molecule has 0 aliphatic heterocycles. The van der Waals surface area contributed by atoms with E-state index in [0.717, 1.165) is 6.42 Å². The molecule has 0 saturated heterocycles. The van der Waals surface area contributed by atoms with Gasteiger partial charge in [-0.1, -0.05) is 13.8 Å². The van der Waals surface area contributed by atoms with Gasteiger partial charge in [0.25, 0.3) is 0 Å². The summed E-state index contributed by atoms with van der Waals surface area (Å²) in [5.41, 5.74) is 0. The largest absolute Gasteiger partial charge is 0.307 e. The second-order valence-corrected chi connectivity index (χ2v) is 7.03. The Kier molecular flexibility index (Phi) is 7.24. The number of aryl methyl sites for hydroxylation is 1. The summed E-state index contributed by atoms with van der Waals surface area (Å²) in [6, 6.07) is 5.63. The van der Waals surface area contributed by atoms with Crippen molar-refractivity contribution in [1.82, 2.24) is 5.32 Å². The van der Waals surface area contributed by atoms with Crippen molar-refractivity contribution in [3.8, 4) is 0 Å². The maximum Gasteiger partial charge on any atom is 0.0388 e. The van der Waals surface area contributed by atoms with Gasteiger partial charge in [-0.15, -0.1) is 11.3 Å². The highest BCUT2D eigenvalue weighted by molar-refractivity contribution is 7.99. The number of hydrogen-bond donors (Lipinski definition) is 1. The van der Waals surface area contributed by atoms with Gasteiger partial charge in [0.2, 0.25) is 0 Å². The van der Waals surface area contributed by atoms with E-state index in [1.807, 2.05) is 23.1 Å². The van der Waals surface area contributed by atoms with Crippen molar-refractivity contribution in [2.24, 2.45) is 0 Å². The third kappa shape index (κ3) is 5.45. The van der Waals surface area contributed by atoms with Gasteiger partial charge in [-0.3, -0.25) is 0 Å². The van der Waals surface area contributed by atoms with Crippen molar-refractivity contribution in [2.75, 3.05) is 11.5 Å². The molecule has 0 fully saturated rings. The lowest BCUT2D eigenvalue weighted by molar-refractivity contribution is 0.476. The number of hydrogen-bond acceptors (Lipinski definition) is 3. The van der Waals surface area contributed by atoms with E-state index in [0.29, 0.717) is 12.1 Å². The molecule has 0 aliphatic carbocycles. The first-order chi connectivity index (χ1) is 8.17. The first-order valence-electron chi connectivity index (χ1n) is 6.59. The van der Waals surface area contributed by atoms with Gasteiger partial charge in [0.15, 0.2) is 0 Å². The van der Waals surface area contributed by atoms with E-state index in [1.165, 1.54) is 27.7 Å². The second-order valence-electron chi connectivity index (χ2n) is 4.43. The van der Waals surface area contributed by atoms with E-state index >= 15 is 0 Å². The average molecular weight is 271 g/mol. The van der Waals surface area contributed by atoms with Crippen molar-refractivity contribution < 1.29 is 0 Å². The van der Waals surface area contributed by atoms with E-state index < -0.39 is 0 Å². The molecule has 3 heteroatoms. The van der Waals surface area contributed by atoms with E-state index in [9.17, 15) is 0 Å². The van der Waals surface area contributed by atoms with Crippen LogP contribution in [0.25, 0.3) is 0 Å². The Balaban J connectivity index is 2.34. The Bertz CT molecular complexity index is 309. The first kappa shape index (κ1) is 15.1. The minimum absolute atomic E-state index is 0.488. The second kappa shape index (κ2) is 8.17. The summed E-state index contributed by atoms with van der Waals surface area (Å²) in [7, 11) is 0. The first-order valence-corrected chi connectivity index (χ1v) is 8.56. The lowest BCUT2D eigenvalue weighted by atomic mass is 10.2. The highest BCUT2D eigenvalue weighted by Crippen LogP contribution is 2.24. The van der Waals surface area contributed by atoms with Crippen LogP contribution in [0, 0.1) is 0 Å². The van der Waals surface area contributed by atoms with E-state index in [1.54, 1.807) is 0 Å². The van der Waals surface area contributed by atoms with Gasteiger partial charge in [0.1, 0.15) is 0 Å². The standard InChI is InChI=1S/C14H25NS2/c1-5-13-7-8-14(17-13)12(4)15-11(3)9-10-16-6-2/h7-8,11-12,15H,5-6,9-10H2,1-4H3. The van der Waals surface area contributed by atoms with Crippen molar-refractivity contribution in [2.45, 2.75) is 52.6 Å². The third-order valence-electron chi connectivity index (χ3n) is 2.89. The summed E-state index contributed by atoms with van der Waals surface area (Å²) in [5.74, 6) is 2.50. The molecule has 1 heterocycles. The number of thioether (sulfide) groups is 1. The van der Waals surface area contributed by atoms with Crippen LogP contribution in [-0.2, 0) is 6.42 Å². The molecule has 1 N–H and O–H groups in total. The fraction of sp³-hybridized carbons (Fsp3) is 0.714. The molecule has 0 aliphatic rings. The Labute approximate surface area is 114 Å². The highest BCUT2D eigenvalue weighted by atomic mass is 32.2. The Morgan fingerprint density at radius 3 is 2.65 bits per heavy atom. The summed E-state index contributed by atoms with van der Waals surface area (Å²) >= 11 is 3.97. The molecule has 1 aromatic heterocycles. The van der Waals surface area contributed by atoms with E-state index in [-0.39, 0.29) is 0 Å². The molecular formula is C14H25NS2. The molecule has 0 amide bonds. The molecule has 0 radical (unpaired) electrons. The van der Waals surface area contributed by atoms with Gasteiger partial charge in [0.05, 0.1) is 0 Å². The van der Waals surface area contributed by atoms with Gasteiger partial charge in [-0.05, 0) is 50.3 Å². The Hall–Kier alpha value is 0.01000. The smallest absolute Gasteiger partial charge is 0.0388 e. The predicted molar refractivity (Wildman–Crippen MR) is 82.3 cm³/mol. The topological polar surface area (TPSA) is 12.0 Å². The zero-order chi connectivity index (χ0) is 12.7. The summed E-state index contributed by atoms with van der Waals surface area (Å²) < 4.78 is 0. The fourth-order valence-electron chi connectivity index (χ4n) is 1.81. The number of nitrogens with one attached hydrogen (secondary N) is 1. The summed E-state index contributed by atoms with van der Waals surface area (Å²) in [4.78, 5) is 2.96. The molecule has 2 unspecified atom stereocenters. The Morgan fingerprint density at radius 1 is 1.29 bits per heavy atom. The minimum Gasteiger partial charge on any atom is -0.307 e. The van der Waals surface area contributed by atoms with Crippen LogP contribution < -0.4 is 5.32 Å². The molecule has 0 bridgehead atoms. The Morgan fingerprint density at radius 2 is 2.06 bits per heavy atom. The predicted octanol–water partition coefficient (Wildman–Crippen LogP) is 4.49. The van der Waals surface area contributed by atoms with Gasteiger partial charge in [-0.25, -0.2) is 0 Å². The van der Waals surface area contributed by atoms with Crippen LogP contribution >= 0.6 is 23.1 Å². The third-order valence-corrected chi connectivity index (χ3v) is 5.24. The number of thiophene rings is 1. The molecular weight excluding hydrogens is 246 g/mol. The van der Waals surface area contributed by atoms with E-state index in [4.69, 9.17) is 0 Å². The van der Waals surface area contributed by atoms with Crippen molar-refractivity contribution in [3.05, 3.63) is 21.9 Å². The quantitative estimate of drug-likeness (QED) is 0.699. The molecule has 1 rings (SSSR count). The zero-order valence-electron chi connectivity index (χ0n) is 11.5. The number of rotatable bonds is 8. The van der Waals surface area contributed by atoms with Crippen molar-refractivity contribution in [1.29, 1.82) is 0 Å². The normalized spacial score (nSPS) is 14.8. The van der Waals surface area contributed by atoms with Crippen LogP contribution in [-0.4, -0.2) is 17.5 Å². The van der Waals surface area contributed by atoms with Gasteiger partial charge >= 0.3 is 0 Å². The molecule has 2 atom stereocenters. The molecule has 1 aromatic rings. The van der Waals surface area contributed by atoms with E-state index in [2.05, 4.69) is 45.1 Å². The molecule has 98 valence electrons. The monoisotopic (exact) mass is 271 g/mol.